The van der Waals surface area contributed by atoms with Crippen LogP contribution < -0.4 is 24.4 Å². The lowest BCUT2D eigenvalue weighted by molar-refractivity contribution is -0.871. The number of rotatable bonds is 8. The second kappa shape index (κ2) is 11.2. The van der Waals surface area contributed by atoms with Crippen LogP contribution in [0.15, 0.2) is 54.9 Å². The molecule has 0 saturated carbocycles. The van der Waals surface area contributed by atoms with E-state index < -0.39 is 12.2 Å². The Kier molecular flexibility index (Phi) is 7.42. The number of phenolic OH excluding ortho intramolecular Hbond substituents is 2. The van der Waals surface area contributed by atoms with Crippen molar-refractivity contribution in [3.63, 3.8) is 0 Å². The van der Waals surface area contributed by atoms with Gasteiger partial charge in [-0.25, -0.2) is 0 Å². The van der Waals surface area contributed by atoms with Crippen LogP contribution in [0.2, 0.25) is 0 Å². The van der Waals surface area contributed by atoms with Crippen LogP contribution in [-0.4, -0.2) is 62.1 Å². The summed E-state index contributed by atoms with van der Waals surface area (Å²) >= 11 is 0. The molecule has 0 amide bonds. The van der Waals surface area contributed by atoms with Crippen molar-refractivity contribution < 1.29 is 39.2 Å². The maximum atomic E-state index is 11.4. The summed E-state index contributed by atoms with van der Waals surface area (Å²) in [7, 11) is 4.87. The van der Waals surface area contributed by atoms with E-state index >= 15 is 0 Å². The molecule has 216 valence electrons. The molecule has 3 aromatic carbocycles. The summed E-state index contributed by atoms with van der Waals surface area (Å²) in [5.74, 6) is 2.10. The normalized spacial score (nSPS) is 24.0. The van der Waals surface area contributed by atoms with Crippen LogP contribution >= 0.6 is 0 Å². The zero-order valence-corrected chi connectivity index (χ0v) is 23.5. The number of benzene rings is 3. The summed E-state index contributed by atoms with van der Waals surface area (Å²) in [5.41, 5.74) is 5.94. The molecule has 2 unspecified atom stereocenters. The van der Waals surface area contributed by atoms with Gasteiger partial charge in [-0.05, 0) is 58.9 Å². The van der Waals surface area contributed by atoms with E-state index in [0.29, 0.717) is 35.8 Å². The number of hydrogen-bond acceptors (Lipinski definition) is 8. The van der Waals surface area contributed by atoms with Gasteiger partial charge in [0, 0.05) is 37.1 Å². The third-order valence-corrected chi connectivity index (χ3v) is 8.56. The molecule has 3 aliphatic rings. The third-order valence-electron chi connectivity index (χ3n) is 8.56. The Morgan fingerprint density at radius 3 is 2.61 bits per heavy atom. The van der Waals surface area contributed by atoms with Crippen molar-refractivity contribution in [1.29, 1.82) is 0 Å². The molecule has 0 radical (unpaired) electrons. The van der Waals surface area contributed by atoms with Crippen LogP contribution in [0.25, 0.3) is 11.1 Å². The van der Waals surface area contributed by atoms with E-state index in [1.165, 1.54) is 12.0 Å². The first-order chi connectivity index (χ1) is 19.9. The fourth-order valence-electron chi connectivity index (χ4n) is 6.61. The van der Waals surface area contributed by atoms with Gasteiger partial charge in [-0.2, -0.15) is 0 Å². The summed E-state index contributed by atoms with van der Waals surface area (Å²) in [6.07, 6.45) is 4.87. The second-order valence-corrected chi connectivity index (χ2v) is 10.9. The molecule has 0 fully saturated rings. The fourth-order valence-corrected chi connectivity index (χ4v) is 6.61. The average molecular weight is 562 g/mol. The number of quaternary nitrogens is 1. The maximum Gasteiger partial charge on any atom is 0.188 e. The first-order valence-corrected chi connectivity index (χ1v) is 14.0. The number of methoxy groups -OCH3 is 3. The van der Waals surface area contributed by atoms with Gasteiger partial charge in [-0.3, -0.25) is 4.90 Å². The molecule has 0 spiro atoms. The van der Waals surface area contributed by atoms with Gasteiger partial charge in [0.25, 0.3) is 0 Å². The summed E-state index contributed by atoms with van der Waals surface area (Å²) in [6, 6.07) is 12.4. The minimum atomic E-state index is -0.807. The zero-order valence-electron chi connectivity index (χ0n) is 23.5. The molecule has 0 aromatic heterocycles. The van der Waals surface area contributed by atoms with Gasteiger partial charge in [0.1, 0.15) is 36.2 Å². The van der Waals surface area contributed by atoms with E-state index in [2.05, 4.69) is 11.5 Å². The number of hydrogen-bond donors (Lipinski definition) is 5. The number of aromatic hydroxyl groups is 2. The van der Waals surface area contributed by atoms with Gasteiger partial charge in [0.2, 0.25) is 0 Å². The van der Waals surface area contributed by atoms with E-state index in [1.807, 2.05) is 24.4 Å². The van der Waals surface area contributed by atoms with Crippen molar-refractivity contribution in [2.24, 2.45) is 0 Å². The number of ether oxygens (including phenoxy) is 4. The summed E-state index contributed by atoms with van der Waals surface area (Å²) in [6.45, 7) is 1.48. The fraction of sp³-hybridized carbons (Fsp3) is 0.375. The number of phenols is 2. The molecule has 0 saturated heterocycles. The van der Waals surface area contributed by atoms with Gasteiger partial charge in [0.05, 0.1) is 33.1 Å². The lowest BCUT2D eigenvalue weighted by Crippen LogP contribution is -3.12. The predicted molar refractivity (Wildman–Crippen MR) is 153 cm³/mol. The van der Waals surface area contributed by atoms with Gasteiger partial charge in [-0.1, -0.05) is 12.1 Å². The molecule has 5 N–H and O–H groups in total. The van der Waals surface area contributed by atoms with Gasteiger partial charge in [0.15, 0.2) is 17.7 Å². The summed E-state index contributed by atoms with van der Waals surface area (Å²) in [4.78, 5) is 1.30. The van der Waals surface area contributed by atoms with Gasteiger partial charge >= 0.3 is 0 Å². The second-order valence-electron chi connectivity index (χ2n) is 10.9. The van der Waals surface area contributed by atoms with Crippen LogP contribution in [0.5, 0.6) is 28.7 Å². The quantitative estimate of drug-likeness (QED) is 0.285. The van der Waals surface area contributed by atoms with E-state index in [-0.39, 0.29) is 23.6 Å². The topological polar surface area (TPSA) is 114 Å². The molecule has 9 heteroatoms. The largest absolute Gasteiger partial charge is 0.508 e. The summed E-state index contributed by atoms with van der Waals surface area (Å²) in [5, 5.41) is 35.2. The third kappa shape index (κ3) is 4.94. The van der Waals surface area contributed by atoms with Crippen molar-refractivity contribution in [2.45, 2.75) is 43.6 Å². The number of aliphatic hydroxyl groups is 1. The van der Waals surface area contributed by atoms with E-state index in [0.717, 1.165) is 47.2 Å². The maximum absolute atomic E-state index is 11.4. The zero-order chi connectivity index (χ0) is 28.7. The highest BCUT2D eigenvalue weighted by Gasteiger charge is 2.39. The minimum absolute atomic E-state index is 0.0307. The van der Waals surface area contributed by atoms with Gasteiger partial charge < -0.3 is 39.6 Å². The minimum Gasteiger partial charge on any atom is -0.508 e. The SMILES string of the molecule is COCC1NC=C[NH+]1CC[C@H]1Cc2cc(O)ccc2-c2c(OC)cc3c(c21)C[C@@H](O)[C@@H](c1ccc(O)c(OC)c1)O3. The average Bonchev–Trinajstić information content (AvgIpc) is 3.42. The Balaban J connectivity index is 1.42. The molecule has 2 aliphatic heterocycles. The molecule has 9 nitrogen and oxygen atoms in total. The van der Waals surface area contributed by atoms with Crippen LogP contribution in [0.3, 0.4) is 0 Å². The molecule has 1 aliphatic carbocycles. The van der Waals surface area contributed by atoms with Crippen molar-refractivity contribution >= 4 is 0 Å². The smallest absolute Gasteiger partial charge is 0.188 e. The van der Waals surface area contributed by atoms with Gasteiger partial charge in [-0.15, -0.1) is 0 Å². The first-order valence-electron chi connectivity index (χ1n) is 14.0. The van der Waals surface area contributed by atoms with Crippen molar-refractivity contribution in [1.82, 2.24) is 5.32 Å². The number of aliphatic hydroxyl groups excluding tert-OH is 1. The molecular formula is C32H37N2O7+. The van der Waals surface area contributed by atoms with Crippen LogP contribution in [-0.2, 0) is 17.6 Å². The Morgan fingerprint density at radius 1 is 1.00 bits per heavy atom. The predicted octanol–water partition coefficient (Wildman–Crippen LogP) is 2.78. The number of nitrogens with one attached hydrogen (secondary N) is 2. The standard InChI is InChI=1S/C32H36N2O7/c1-38-17-29-33-9-11-34(29)10-8-18-12-20-13-21(35)5-6-22(20)31-28(40-3)16-26-23(30(18)31)15-25(37)32(41-26)19-4-7-24(36)27(14-19)39-2/h4-7,9,11,13-14,16,18,25,29,32-33,35-37H,8,10,12,15,17H2,1-3H3/p+1/t18-,25+,29?,32+/m0/s1. The van der Waals surface area contributed by atoms with Crippen molar-refractivity contribution in [3.8, 4) is 39.9 Å². The Bertz CT molecular complexity index is 1470. The highest BCUT2D eigenvalue weighted by molar-refractivity contribution is 5.83. The van der Waals surface area contributed by atoms with Crippen LogP contribution in [0.1, 0.15) is 40.7 Å². The molecule has 0 bridgehead atoms. The number of fused-ring (bicyclic) bond motifs is 5. The lowest BCUT2D eigenvalue weighted by Gasteiger charge is -2.37. The van der Waals surface area contributed by atoms with E-state index in [1.54, 1.807) is 38.5 Å². The van der Waals surface area contributed by atoms with Crippen molar-refractivity contribution in [2.75, 3.05) is 34.5 Å². The van der Waals surface area contributed by atoms with Crippen molar-refractivity contribution in [3.05, 3.63) is 77.1 Å². The monoisotopic (exact) mass is 561 g/mol. The Morgan fingerprint density at radius 2 is 1.83 bits per heavy atom. The first kappa shape index (κ1) is 27.3. The molecule has 2 heterocycles. The molecule has 6 rings (SSSR count). The van der Waals surface area contributed by atoms with E-state index in [9.17, 15) is 15.3 Å². The highest BCUT2D eigenvalue weighted by Crippen LogP contribution is 2.53. The van der Waals surface area contributed by atoms with Crippen LogP contribution in [0, 0.1) is 0 Å². The summed E-state index contributed by atoms with van der Waals surface area (Å²) < 4.78 is 23.2. The Hall–Kier alpha value is -3.92. The molecule has 3 aromatic rings. The highest BCUT2D eigenvalue weighted by atomic mass is 16.5. The Labute approximate surface area is 239 Å². The van der Waals surface area contributed by atoms with E-state index in [4.69, 9.17) is 18.9 Å². The molecular weight excluding hydrogens is 524 g/mol. The van der Waals surface area contributed by atoms with Crippen LogP contribution in [0.4, 0.5) is 0 Å². The molecule has 41 heavy (non-hydrogen) atoms. The molecule has 5 atom stereocenters. The lowest BCUT2D eigenvalue weighted by atomic mass is 9.73.